The van der Waals surface area contributed by atoms with Crippen molar-refractivity contribution in [1.29, 1.82) is 0 Å². The number of carbonyl (C=O) groups is 1. The highest BCUT2D eigenvalue weighted by atomic mass is 16.5. The van der Waals surface area contributed by atoms with Crippen LogP contribution in [0.3, 0.4) is 0 Å². The largest absolute Gasteiger partial charge is 0.463 e. The minimum absolute atomic E-state index is 0.123. The Bertz CT molecular complexity index is 436. The van der Waals surface area contributed by atoms with Crippen LogP contribution in [0.2, 0.25) is 0 Å². The zero-order valence-corrected chi connectivity index (χ0v) is 23.9. The number of ether oxygens (including phenoxy) is 1. The van der Waals surface area contributed by atoms with E-state index in [0.29, 0.717) is 13.2 Å². The highest BCUT2D eigenvalue weighted by molar-refractivity contribution is 5.82. The van der Waals surface area contributed by atoms with Crippen LogP contribution in [0, 0.1) is 0 Å². The molecule has 3 nitrogen and oxygen atoms in total. The molecule has 35 heavy (non-hydrogen) atoms. The molecule has 0 saturated carbocycles. The van der Waals surface area contributed by atoms with E-state index in [1.165, 1.54) is 128 Å². The Morgan fingerprint density at radius 2 is 0.914 bits per heavy atom. The number of hydrogen-bond acceptors (Lipinski definition) is 3. The standard InChI is InChI=1S/C32H62O3/c1-3-5-7-9-11-14-18-22-26-31(27-23-19-15-12-10-8-6-4-2)30-32(34)35-29-25-21-17-13-16-20-24-28-33/h30,33H,3-29H2,1-2H3. The molecular formula is C32H62O3. The summed E-state index contributed by atoms with van der Waals surface area (Å²) in [5.74, 6) is -0.123. The van der Waals surface area contributed by atoms with E-state index in [2.05, 4.69) is 13.8 Å². The van der Waals surface area contributed by atoms with Gasteiger partial charge in [0.25, 0.3) is 0 Å². The normalized spacial score (nSPS) is 11.1. The number of hydrogen-bond donors (Lipinski definition) is 1. The van der Waals surface area contributed by atoms with Gasteiger partial charge >= 0.3 is 5.97 Å². The van der Waals surface area contributed by atoms with Crippen molar-refractivity contribution in [1.82, 2.24) is 0 Å². The molecule has 0 atom stereocenters. The molecule has 0 aromatic rings. The highest BCUT2D eigenvalue weighted by Gasteiger charge is 2.05. The molecule has 0 aliphatic heterocycles. The third-order valence-electron chi connectivity index (χ3n) is 7.07. The quantitative estimate of drug-likeness (QED) is 0.0668. The molecule has 0 amide bonds. The molecule has 0 aliphatic carbocycles. The van der Waals surface area contributed by atoms with Crippen molar-refractivity contribution in [3.63, 3.8) is 0 Å². The van der Waals surface area contributed by atoms with Gasteiger partial charge in [-0.1, -0.05) is 141 Å². The third-order valence-corrected chi connectivity index (χ3v) is 7.07. The summed E-state index contributed by atoms with van der Waals surface area (Å²) in [4.78, 5) is 12.4. The number of carbonyl (C=O) groups excluding carboxylic acids is 1. The molecule has 0 aromatic carbocycles. The first-order valence-corrected chi connectivity index (χ1v) is 15.7. The second-order valence-corrected chi connectivity index (χ2v) is 10.6. The van der Waals surface area contributed by atoms with Crippen LogP contribution in [-0.2, 0) is 9.53 Å². The number of aliphatic hydroxyl groups excluding tert-OH is 1. The summed E-state index contributed by atoms with van der Waals surface area (Å²) in [5.41, 5.74) is 1.32. The maximum atomic E-state index is 12.4. The first kappa shape index (κ1) is 34.2. The molecule has 208 valence electrons. The Labute approximate surface area is 219 Å². The average Bonchev–Trinajstić information content (AvgIpc) is 2.86. The fourth-order valence-electron chi connectivity index (χ4n) is 4.72. The smallest absolute Gasteiger partial charge is 0.330 e. The van der Waals surface area contributed by atoms with E-state index in [1.807, 2.05) is 6.08 Å². The van der Waals surface area contributed by atoms with Crippen molar-refractivity contribution in [2.75, 3.05) is 13.2 Å². The summed E-state index contributed by atoms with van der Waals surface area (Å²) in [5, 5.41) is 8.82. The van der Waals surface area contributed by atoms with E-state index in [0.717, 1.165) is 38.5 Å². The number of esters is 1. The summed E-state index contributed by atoms with van der Waals surface area (Å²) in [6.07, 6.45) is 33.0. The van der Waals surface area contributed by atoms with Gasteiger partial charge in [0.2, 0.25) is 0 Å². The van der Waals surface area contributed by atoms with Crippen molar-refractivity contribution >= 4 is 5.97 Å². The van der Waals surface area contributed by atoms with Gasteiger partial charge < -0.3 is 9.84 Å². The van der Waals surface area contributed by atoms with Gasteiger partial charge in [0, 0.05) is 12.7 Å². The zero-order chi connectivity index (χ0) is 25.7. The van der Waals surface area contributed by atoms with Crippen LogP contribution in [0.1, 0.15) is 174 Å². The minimum atomic E-state index is -0.123. The molecule has 0 aliphatic rings. The van der Waals surface area contributed by atoms with E-state index < -0.39 is 0 Å². The molecule has 0 radical (unpaired) electrons. The summed E-state index contributed by atoms with van der Waals surface area (Å²) in [7, 11) is 0. The Morgan fingerprint density at radius 3 is 1.34 bits per heavy atom. The number of aliphatic hydroxyl groups is 1. The van der Waals surface area contributed by atoms with Gasteiger partial charge in [-0.2, -0.15) is 0 Å². The van der Waals surface area contributed by atoms with Crippen LogP contribution >= 0.6 is 0 Å². The van der Waals surface area contributed by atoms with Crippen LogP contribution in [0.4, 0.5) is 0 Å². The molecular weight excluding hydrogens is 432 g/mol. The highest BCUT2D eigenvalue weighted by Crippen LogP contribution is 2.19. The predicted molar refractivity (Wildman–Crippen MR) is 153 cm³/mol. The Kier molecular flexibility index (Phi) is 28.7. The summed E-state index contributed by atoms with van der Waals surface area (Å²) in [6, 6.07) is 0. The van der Waals surface area contributed by atoms with Gasteiger partial charge in [0.15, 0.2) is 0 Å². The van der Waals surface area contributed by atoms with Gasteiger partial charge in [0.1, 0.15) is 0 Å². The van der Waals surface area contributed by atoms with E-state index in [9.17, 15) is 4.79 Å². The lowest BCUT2D eigenvalue weighted by Gasteiger charge is -2.09. The number of rotatable bonds is 28. The number of unbranched alkanes of at least 4 members (excludes halogenated alkanes) is 20. The third kappa shape index (κ3) is 27.6. The van der Waals surface area contributed by atoms with Crippen LogP contribution < -0.4 is 0 Å². The molecule has 0 rings (SSSR count). The SMILES string of the molecule is CCCCCCCCCCC(=CC(=O)OCCCCCCCCCO)CCCCCCCCCC. The summed E-state index contributed by atoms with van der Waals surface area (Å²) >= 11 is 0. The molecule has 0 saturated heterocycles. The molecule has 0 aromatic heterocycles. The van der Waals surface area contributed by atoms with Crippen molar-refractivity contribution in [2.45, 2.75) is 174 Å². The fourth-order valence-corrected chi connectivity index (χ4v) is 4.72. The maximum absolute atomic E-state index is 12.4. The fraction of sp³-hybridized carbons (Fsp3) is 0.906. The first-order valence-electron chi connectivity index (χ1n) is 15.7. The second kappa shape index (κ2) is 29.4. The van der Waals surface area contributed by atoms with E-state index in [4.69, 9.17) is 9.84 Å². The van der Waals surface area contributed by atoms with Crippen LogP contribution in [0.25, 0.3) is 0 Å². The van der Waals surface area contributed by atoms with E-state index in [-0.39, 0.29) is 5.97 Å². The van der Waals surface area contributed by atoms with Crippen molar-refractivity contribution < 1.29 is 14.6 Å². The first-order chi connectivity index (χ1) is 17.2. The molecule has 0 heterocycles. The van der Waals surface area contributed by atoms with Gasteiger partial charge in [0.05, 0.1) is 6.61 Å². The van der Waals surface area contributed by atoms with Crippen molar-refractivity contribution in [3.05, 3.63) is 11.6 Å². The lowest BCUT2D eigenvalue weighted by molar-refractivity contribution is -0.137. The van der Waals surface area contributed by atoms with Crippen LogP contribution in [0.5, 0.6) is 0 Å². The van der Waals surface area contributed by atoms with Gasteiger partial charge in [-0.3, -0.25) is 0 Å². The molecule has 1 N–H and O–H groups in total. The van der Waals surface area contributed by atoms with Crippen molar-refractivity contribution in [3.8, 4) is 0 Å². The van der Waals surface area contributed by atoms with Gasteiger partial charge in [-0.15, -0.1) is 0 Å². The second-order valence-electron chi connectivity index (χ2n) is 10.6. The lowest BCUT2D eigenvalue weighted by Crippen LogP contribution is -2.04. The van der Waals surface area contributed by atoms with Gasteiger partial charge in [-0.25, -0.2) is 4.79 Å². The molecule has 0 unspecified atom stereocenters. The van der Waals surface area contributed by atoms with E-state index in [1.54, 1.807) is 0 Å². The van der Waals surface area contributed by atoms with Crippen molar-refractivity contribution in [2.24, 2.45) is 0 Å². The molecule has 0 spiro atoms. The lowest BCUT2D eigenvalue weighted by atomic mass is 9.99. The monoisotopic (exact) mass is 494 g/mol. The molecule has 0 bridgehead atoms. The van der Waals surface area contributed by atoms with Crippen LogP contribution in [0.15, 0.2) is 11.6 Å². The number of allylic oxidation sites excluding steroid dienone is 1. The average molecular weight is 495 g/mol. The Balaban J connectivity index is 4.14. The van der Waals surface area contributed by atoms with Gasteiger partial charge in [-0.05, 0) is 38.5 Å². The predicted octanol–water partition coefficient (Wildman–Crippen LogP) is 10.2. The maximum Gasteiger partial charge on any atom is 0.330 e. The Morgan fingerprint density at radius 1 is 0.543 bits per heavy atom. The minimum Gasteiger partial charge on any atom is -0.463 e. The van der Waals surface area contributed by atoms with Crippen LogP contribution in [-0.4, -0.2) is 24.3 Å². The topological polar surface area (TPSA) is 46.5 Å². The molecule has 3 heteroatoms. The Hall–Kier alpha value is -0.830. The molecule has 0 fully saturated rings. The summed E-state index contributed by atoms with van der Waals surface area (Å²) < 4.78 is 5.53. The van der Waals surface area contributed by atoms with E-state index >= 15 is 0 Å². The summed E-state index contributed by atoms with van der Waals surface area (Å²) in [6.45, 7) is 5.40. The zero-order valence-electron chi connectivity index (χ0n) is 23.9.